The number of hydrogen-bond donors (Lipinski definition) is 1. The van der Waals surface area contributed by atoms with Crippen LogP contribution in [0.2, 0.25) is 0 Å². The number of nitrogens with zero attached hydrogens (tertiary/aromatic N) is 2. The average Bonchev–Trinajstić information content (AvgIpc) is 2.74. The molecule has 1 aromatic heterocycles. The van der Waals surface area contributed by atoms with Crippen LogP contribution in [0.15, 0.2) is 36.4 Å². The fraction of sp³-hybridized carbons (Fsp3) is 0.435. The van der Waals surface area contributed by atoms with Crippen LogP contribution in [-0.4, -0.2) is 34.8 Å². The van der Waals surface area contributed by atoms with Gasteiger partial charge in [0, 0.05) is 18.8 Å². The average molecular weight is 380 g/mol. The molecular weight excluding hydrogens is 350 g/mol. The maximum Gasteiger partial charge on any atom is 0.274 e. The molecule has 2 aromatic rings. The maximum absolute atomic E-state index is 12.8. The fourth-order valence-corrected chi connectivity index (χ4v) is 3.63. The lowest BCUT2D eigenvalue weighted by molar-refractivity contribution is 0.0691. The normalized spacial score (nSPS) is 14.8. The van der Waals surface area contributed by atoms with Crippen molar-refractivity contribution in [1.82, 2.24) is 9.88 Å². The molecule has 3 rings (SSSR count). The van der Waals surface area contributed by atoms with Crippen molar-refractivity contribution < 1.29 is 9.59 Å². The van der Waals surface area contributed by atoms with E-state index in [0.29, 0.717) is 11.6 Å². The second-order valence-corrected chi connectivity index (χ2v) is 7.50. The minimum atomic E-state index is -0.280. The molecule has 1 aliphatic heterocycles. The number of likely N-dealkylation sites (tertiary alicyclic amines) is 1. The second-order valence-electron chi connectivity index (χ2n) is 7.50. The molecular formula is C23H29N3O2. The molecule has 1 saturated heterocycles. The van der Waals surface area contributed by atoms with Crippen molar-refractivity contribution in [2.75, 3.05) is 18.4 Å². The quantitative estimate of drug-likeness (QED) is 0.841. The summed E-state index contributed by atoms with van der Waals surface area (Å²) in [5.41, 5.74) is 3.66. The molecule has 5 heteroatoms. The van der Waals surface area contributed by atoms with E-state index >= 15 is 0 Å². The van der Waals surface area contributed by atoms with Crippen LogP contribution in [0.25, 0.3) is 0 Å². The standard InChI is InChI=1S/C23H29N3O2/c1-4-17-8-6-9-18(5-2)21(17)25-22(27)19-10-7-11-20(24-19)23(28)26-14-12-16(3)13-15-26/h6-11,16H,4-5,12-15H2,1-3H3,(H,25,27). The number of aryl methyl sites for hydroxylation is 2. The van der Waals surface area contributed by atoms with Crippen LogP contribution in [0.1, 0.15) is 65.7 Å². The van der Waals surface area contributed by atoms with Crippen LogP contribution >= 0.6 is 0 Å². The smallest absolute Gasteiger partial charge is 0.274 e. The van der Waals surface area contributed by atoms with Gasteiger partial charge in [0.05, 0.1) is 0 Å². The summed E-state index contributed by atoms with van der Waals surface area (Å²) in [4.78, 5) is 31.8. The van der Waals surface area contributed by atoms with Gasteiger partial charge in [-0.25, -0.2) is 4.98 Å². The number of aromatic nitrogens is 1. The number of benzene rings is 1. The zero-order chi connectivity index (χ0) is 20.1. The number of pyridine rings is 1. The first-order valence-electron chi connectivity index (χ1n) is 10.2. The highest BCUT2D eigenvalue weighted by atomic mass is 16.2. The van der Waals surface area contributed by atoms with Crippen molar-refractivity contribution in [3.63, 3.8) is 0 Å². The summed E-state index contributed by atoms with van der Waals surface area (Å²) in [5.74, 6) is 0.280. The van der Waals surface area contributed by atoms with E-state index in [1.165, 1.54) is 0 Å². The third-order valence-corrected chi connectivity index (χ3v) is 5.51. The molecule has 0 aliphatic carbocycles. The molecule has 0 saturated carbocycles. The number of carbonyl (C=O) groups excluding carboxylic acids is 2. The predicted molar refractivity (Wildman–Crippen MR) is 112 cm³/mol. The van der Waals surface area contributed by atoms with Gasteiger partial charge < -0.3 is 10.2 Å². The van der Waals surface area contributed by atoms with Gasteiger partial charge in [-0.3, -0.25) is 9.59 Å². The highest BCUT2D eigenvalue weighted by molar-refractivity contribution is 6.04. The van der Waals surface area contributed by atoms with Gasteiger partial charge >= 0.3 is 0 Å². The molecule has 2 heterocycles. The lowest BCUT2D eigenvalue weighted by Gasteiger charge is -2.30. The number of amides is 2. The number of rotatable bonds is 5. The highest BCUT2D eigenvalue weighted by Crippen LogP contribution is 2.23. The van der Waals surface area contributed by atoms with Gasteiger partial charge in [0.25, 0.3) is 11.8 Å². The van der Waals surface area contributed by atoms with E-state index in [1.54, 1.807) is 18.2 Å². The Morgan fingerprint density at radius 2 is 1.57 bits per heavy atom. The van der Waals surface area contributed by atoms with Crippen molar-refractivity contribution in [2.24, 2.45) is 5.92 Å². The van der Waals surface area contributed by atoms with Gasteiger partial charge in [0.1, 0.15) is 11.4 Å². The summed E-state index contributed by atoms with van der Waals surface area (Å²) in [6.07, 6.45) is 3.70. The number of carbonyl (C=O) groups is 2. The van der Waals surface area contributed by atoms with E-state index in [-0.39, 0.29) is 17.5 Å². The van der Waals surface area contributed by atoms with Gasteiger partial charge in [0.2, 0.25) is 0 Å². The Morgan fingerprint density at radius 1 is 1.00 bits per heavy atom. The summed E-state index contributed by atoms with van der Waals surface area (Å²) in [7, 11) is 0. The lowest BCUT2D eigenvalue weighted by Crippen LogP contribution is -2.38. The number of hydrogen-bond acceptors (Lipinski definition) is 3. The summed E-state index contributed by atoms with van der Waals surface area (Å²) in [5, 5.41) is 3.02. The molecule has 2 amide bonds. The van der Waals surface area contributed by atoms with Crippen molar-refractivity contribution in [2.45, 2.75) is 46.5 Å². The number of piperidine rings is 1. The molecule has 0 unspecified atom stereocenters. The maximum atomic E-state index is 12.8. The first kappa shape index (κ1) is 20.1. The number of nitrogens with one attached hydrogen (secondary N) is 1. The molecule has 28 heavy (non-hydrogen) atoms. The SMILES string of the molecule is CCc1cccc(CC)c1NC(=O)c1cccc(C(=O)N2CCC(C)CC2)n1. The summed E-state index contributed by atoms with van der Waals surface area (Å²) in [6.45, 7) is 7.86. The molecule has 0 spiro atoms. The van der Waals surface area contributed by atoms with E-state index in [0.717, 1.165) is 55.6 Å². The van der Waals surface area contributed by atoms with Gasteiger partial charge in [-0.15, -0.1) is 0 Å². The number of para-hydroxylation sites is 1. The van der Waals surface area contributed by atoms with E-state index in [9.17, 15) is 9.59 Å². The minimum absolute atomic E-state index is 0.0928. The summed E-state index contributed by atoms with van der Waals surface area (Å²) >= 11 is 0. The molecule has 1 N–H and O–H groups in total. The minimum Gasteiger partial charge on any atom is -0.337 e. The van der Waals surface area contributed by atoms with Crippen LogP contribution in [0, 0.1) is 5.92 Å². The summed E-state index contributed by atoms with van der Waals surface area (Å²) in [6, 6.07) is 11.1. The van der Waals surface area contributed by atoms with Gasteiger partial charge in [-0.1, -0.05) is 45.0 Å². The topological polar surface area (TPSA) is 62.3 Å². The Labute approximate surface area is 167 Å². The number of anilines is 1. The van der Waals surface area contributed by atoms with Gasteiger partial charge in [-0.05, 0) is 54.9 Å². The van der Waals surface area contributed by atoms with E-state index < -0.39 is 0 Å². The predicted octanol–water partition coefficient (Wildman–Crippen LogP) is 4.33. The zero-order valence-electron chi connectivity index (χ0n) is 17.0. The molecule has 5 nitrogen and oxygen atoms in total. The van der Waals surface area contributed by atoms with Crippen LogP contribution in [0.5, 0.6) is 0 Å². The summed E-state index contributed by atoms with van der Waals surface area (Å²) < 4.78 is 0. The molecule has 0 atom stereocenters. The molecule has 1 aliphatic rings. The lowest BCUT2D eigenvalue weighted by atomic mass is 9.99. The first-order chi connectivity index (χ1) is 13.5. The van der Waals surface area contributed by atoms with Crippen LogP contribution < -0.4 is 5.32 Å². The third-order valence-electron chi connectivity index (χ3n) is 5.51. The van der Waals surface area contributed by atoms with Crippen molar-refractivity contribution in [1.29, 1.82) is 0 Å². The highest BCUT2D eigenvalue weighted by Gasteiger charge is 2.23. The van der Waals surface area contributed by atoms with E-state index in [2.05, 4.69) is 31.1 Å². The van der Waals surface area contributed by atoms with Crippen LogP contribution in [0.3, 0.4) is 0 Å². The van der Waals surface area contributed by atoms with Crippen LogP contribution in [0.4, 0.5) is 5.69 Å². The Kier molecular flexibility index (Phi) is 6.45. The Bertz CT molecular complexity index is 832. The molecule has 1 fully saturated rings. The fourth-order valence-electron chi connectivity index (χ4n) is 3.63. The zero-order valence-corrected chi connectivity index (χ0v) is 17.0. The molecule has 148 valence electrons. The van der Waals surface area contributed by atoms with Gasteiger partial charge in [0.15, 0.2) is 0 Å². The second kappa shape index (κ2) is 9.00. The van der Waals surface area contributed by atoms with Gasteiger partial charge in [-0.2, -0.15) is 0 Å². The first-order valence-corrected chi connectivity index (χ1v) is 10.2. The van der Waals surface area contributed by atoms with Crippen molar-refractivity contribution >= 4 is 17.5 Å². The van der Waals surface area contributed by atoms with Crippen molar-refractivity contribution in [3.05, 3.63) is 58.9 Å². The Balaban J connectivity index is 1.79. The molecule has 1 aromatic carbocycles. The monoisotopic (exact) mass is 379 g/mol. The largest absolute Gasteiger partial charge is 0.337 e. The van der Waals surface area contributed by atoms with Crippen LogP contribution in [-0.2, 0) is 12.8 Å². The van der Waals surface area contributed by atoms with Crippen molar-refractivity contribution in [3.8, 4) is 0 Å². The molecule has 0 bridgehead atoms. The molecule has 0 radical (unpaired) electrons. The Hall–Kier alpha value is -2.69. The third kappa shape index (κ3) is 4.41. The van der Waals surface area contributed by atoms with E-state index in [4.69, 9.17) is 0 Å². The Morgan fingerprint density at radius 3 is 2.18 bits per heavy atom. The van der Waals surface area contributed by atoms with E-state index in [1.807, 2.05) is 23.1 Å².